The number of halogens is 1. The van der Waals surface area contributed by atoms with E-state index in [1.54, 1.807) is 0 Å². The molecule has 1 aromatic rings. The molecule has 116 valence electrons. The van der Waals surface area contributed by atoms with Gasteiger partial charge in [-0.1, -0.05) is 12.1 Å². The van der Waals surface area contributed by atoms with E-state index in [9.17, 15) is 4.39 Å². The van der Waals surface area contributed by atoms with Gasteiger partial charge in [-0.25, -0.2) is 4.39 Å². The number of rotatable bonds is 7. The second kappa shape index (κ2) is 7.34. The van der Waals surface area contributed by atoms with Gasteiger partial charge in [-0.05, 0) is 49.8 Å². The summed E-state index contributed by atoms with van der Waals surface area (Å²) in [6, 6.07) is 7.27. The third kappa shape index (κ3) is 4.77. The van der Waals surface area contributed by atoms with E-state index in [-0.39, 0.29) is 18.0 Å². The summed E-state index contributed by atoms with van der Waals surface area (Å²) >= 11 is 0. The second-order valence-electron chi connectivity index (χ2n) is 6.04. The molecular weight excluding hydrogens is 269 g/mol. The van der Waals surface area contributed by atoms with Crippen molar-refractivity contribution in [2.45, 2.75) is 50.4 Å². The number of benzene rings is 1. The minimum Gasteiger partial charge on any atom is -0.376 e. The van der Waals surface area contributed by atoms with Gasteiger partial charge in [-0.15, -0.1) is 0 Å². The van der Waals surface area contributed by atoms with Gasteiger partial charge in [0, 0.05) is 19.2 Å². The maximum Gasteiger partial charge on any atom is 0.123 e. The summed E-state index contributed by atoms with van der Waals surface area (Å²) in [5.74, 6) is -0.205. The average molecular weight is 293 g/mol. The highest BCUT2D eigenvalue weighted by Gasteiger charge is 2.24. The Kier molecular flexibility index (Phi) is 5.22. The van der Waals surface area contributed by atoms with E-state index in [0.29, 0.717) is 12.6 Å². The lowest BCUT2D eigenvalue weighted by atomic mass is 10.1. The smallest absolute Gasteiger partial charge is 0.123 e. The number of hydrogen-bond acceptors (Lipinski definition) is 3. The molecule has 3 rings (SSSR count). The SMILES string of the molecule is Fc1ccc(C(CNC2CC2)OCC2CCCCO2)cc1. The first-order chi connectivity index (χ1) is 10.3. The number of ether oxygens (including phenoxy) is 2. The van der Waals surface area contributed by atoms with Gasteiger partial charge in [0.05, 0.1) is 18.8 Å². The lowest BCUT2D eigenvalue weighted by molar-refractivity contribution is -0.0634. The molecule has 4 heteroatoms. The zero-order chi connectivity index (χ0) is 14.5. The molecule has 2 fully saturated rings. The molecule has 2 aliphatic rings. The van der Waals surface area contributed by atoms with Gasteiger partial charge < -0.3 is 14.8 Å². The van der Waals surface area contributed by atoms with Gasteiger partial charge >= 0.3 is 0 Å². The maximum atomic E-state index is 13.1. The lowest BCUT2D eigenvalue weighted by Crippen LogP contribution is -2.30. The molecule has 1 saturated heterocycles. The quantitative estimate of drug-likeness (QED) is 0.837. The molecule has 0 radical (unpaired) electrons. The Labute approximate surface area is 125 Å². The van der Waals surface area contributed by atoms with Crippen molar-refractivity contribution in [3.8, 4) is 0 Å². The zero-order valence-corrected chi connectivity index (χ0v) is 12.4. The van der Waals surface area contributed by atoms with Crippen molar-refractivity contribution in [1.29, 1.82) is 0 Å². The first kappa shape index (κ1) is 14.9. The van der Waals surface area contributed by atoms with Gasteiger partial charge in [0.25, 0.3) is 0 Å². The van der Waals surface area contributed by atoms with Crippen LogP contribution in [0.3, 0.4) is 0 Å². The van der Waals surface area contributed by atoms with E-state index in [1.807, 2.05) is 12.1 Å². The number of hydrogen-bond donors (Lipinski definition) is 1. The number of nitrogens with one attached hydrogen (secondary N) is 1. The largest absolute Gasteiger partial charge is 0.376 e. The summed E-state index contributed by atoms with van der Waals surface area (Å²) in [4.78, 5) is 0. The molecule has 3 nitrogen and oxygen atoms in total. The van der Waals surface area contributed by atoms with E-state index in [1.165, 1.54) is 31.4 Å². The Bertz CT molecular complexity index is 427. The third-order valence-electron chi connectivity index (χ3n) is 4.17. The molecule has 0 amide bonds. The third-order valence-corrected chi connectivity index (χ3v) is 4.17. The minimum absolute atomic E-state index is 0.0308. The Hall–Kier alpha value is -0.970. The van der Waals surface area contributed by atoms with Crippen LogP contribution in [-0.4, -0.2) is 31.9 Å². The predicted molar refractivity (Wildman–Crippen MR) is 79.7 cm³/mol. The predicted octanol–water partition coefficient (Wildman–Crippen LogP) is 3.20. The molecule has 1 saturated carbocycles. The van der Waals surface area contributed by atoms with Crippen LogP contribution < -0.4 is 5.32 Å². The zero-order valence-electron chi connectivity index (χ0n) is 12.4. The van der Waals surface area contributed by atoms with Gasteiger partial charge in [0.2, 0.25) is 0 Å². The first-order valence-corrected chi connectivity index (χ1v) is 8.03. The van der Waals surface area contributed by atoms with E-state index in [4.69, 9.17) is 9.47 Å². The highest BCUT2D eigenvalue weighted by Crippen LogP contribution is 2.23. The van der Waals surface area contributed by atoms with Crippen molar-refractivity contribution >= 4 is 0 Å². The normalized spacial score (nSPS) is 24.0. The topological polar surface area (TPSA) is 30.5 Å². The summed E-state index contributed by atoms with van der Waals surface area (Å²) in [6.45, 7) is 2.24. The minimum atomic E-state index is -0.205. The monoisotopic (exact) mass is 293 g/mol. The molecule has 0 aromatic heterocycles. The van der Waals surface area contributed by atoms with Crippen molar-refractivity contribution in [3.63, 3.8) is 0 Å². The van der Waals surface area contributed by atoms with E-state index in [0.717, 1.165) is 31.6 Å². The van der Waals surface area contributed by atoms with Crippen molar-refractivity contribution in [2.75, 3.05) is 19.8 Å². The van der Waals surface area contributed by atoms with Gasteiger partial charge in [-0.3, -0.25) is 0 Å². The van der Waals surface area contributed by atoms with Crippen LogP contribution in [0, 0.1) is 5.82 Å². The summed E-state index contributed by atoms with van der Waals surface area (Å²) in [6.07, 6.45) is 6.13. The van der Waals surface area contributed by atoms with Crippen molar-refractivity contribution in [1.82, 2.24) is 5.32 Å². The van der Waals surface area contributed by atoms with Crippen molar-refractivity contribution in [3.05, 3.63) is 35.6 Å². The first-order valence-electron chi connectivity index (χ1n) is 8.03. The summed E-state index contributed by atoms with van der Waals surface area (Å²) in [7, 11) is 0. The van der Waals surface area contributed by atoms with Gasteiger partial charge in [0.15, 0.2) is 0 Å². The average Bonchev–Trinajstić information content (AvgIpc) is 3.34. The molecule has 21 heavy (non-hydrogen) atoms. The van der Waals surface area contributed by atoms with Crippen LogP contribution in [0.4, 0.5) is 4.39 Å². The van der Waals surface area contributed by atoms with Gasteiger partial charge in [-0.2, -0.15) is 0 Å². The molecule has 1 aliphatic heterocycles. The standard InChI is InChI=1S/C17H24FNO2/c18-14-6-4-13(5-7-14)17(11-19-15-8-9-15)21-12-16-3-1-2-10-20-16/h4-7,15-17,19H,1-3,8-12H2. The molecule has 1 N–H and O–H groups in total. The van der Waals surface area contributed by atoms with E-state index in [2.05, 4.69) is 5.32 Å². The van der Waals surface area contributed by atoms with Crippen LogP contribution >= 0.6 is 0 Å². The Balaban J connectivity index is 1.55. The molecule has 1 aliphatic carbocycles. The lowest BCUT2D eigenvalue weighted by Gasteiger charge is -2.26. The summed E-state index contributed by atoms with van der Waals surface area (Å²) < 4.78 is 24.9. The maximum absolute atomic E-state index is 13.1. The molecular formula is C17H24FNO2. The summed E-state index contributed by atoms with van der Waals surface area (Å²) in [5, 5.41) is 3.50. The molecule has 0 bridgehead atoms. The fourth-order valence-electron chi connectivity index (χ4n) is 2.67. The second-order valence-corrected chi connectivity index (χ2v) is 6.04. The Morgan fingerprint density at radius 2 is 2.00 bits per heavy atom. The van der Waals surface area contributed by atoms with Crippen LogP contribution in [0.1, 0.15) is 43.8 Å². The highest BCUT2D eigenvalue weighted by molar-refractivity contribution is 5.19. The van der Waals surface area contributed by atoms with E-state index < -0.39 is 0 Å². The molecule has 1 aromatic carbocycles. The van der Waals surface area contributed by atoms with Crippen LogP contribution in [-0.2, 0) is 9.47 Å². The molecule has 1 heterocycles. The van der Waals surface area contributed by atoms with E-state index >= 15 is 0 Å². The van der Waals surface area contributed by atoms with Crippen LogP contribution in [0.5, 0.6) is 0 Å². The molecule has 0 spiro atoms. The van der Waals surface area contributed by atoms with Crippen molar-refractivity contribution < 1.29 is 13.9 Å². The molecule has 2 unspecified atom stereocenters. The van der Waals surface area contributed by atoms with Crippen LogP contribution in [0.25, 0.3) is 0 Å². The fraction of sp³-hybridized carbons (Fsp3) is 0.647. The highest BCUT2D eigenvalue weighted by atomic mass is 19.1. The Morgan fingerprint density at radius 1 is 1.19 bits per heavy atom. The van der Waals surface area contributed by atoms with Crippen LogP contribution in [0.2, 0.25) is 0 Å². The molecule has 2 atom stereocenters. The van der Waals surface area contributed by atoms with Crippen LogP contribution in [0.15, 0.2) is 24.3 Å². The summed E-state index contributed by atoms with van der Waals surface area (Å²) in [5.41, 5.74) is 1.03. The Morgan fingerprint density at radius 3 is 2.67 bits per heavy atom. The van der Waals surface area contributed by atoms with Gasteiger partial charge in [0.1, 0.15) is 5.82 Å². The van der Waals surface area contributed by atoms with Crippen molar-refractivity contribution in [2.24, 2.45) is 0 Å². The fourth-order valence-corrected chi connectivity index (χ4v) is 2.67.